The number of rotatable bonds is 3. The molecule has 3 heteroatoms. The molecule has 0 aromatic heterocycles. The van der Waals surface area contributed by atoms with Gasteiger partial charge in [-0.3, -0.25) is 0 Å². The van der Waals surface area contributed by atoms with E-state index in [0.29, 0.717) is 18.2 Å². The predicted octanol–water partition coefficient (Wildman–Crippen LogP) is 2.72. The lowest BCUT2D eigenvalue weighted by Crippen LogP contribution is -2.49. The van der Waals surface area contributed by atoms with Crippen molar-refractivity contribution in [1.82, 2.24) is 5.32 Å². The highest BCUT2D eigenvalue weighted by atomic mass is 16.5. The van der Waals surface area contributed by atoms with Crippen LogP contribution in [0.3, 0.4) is 0 Å². The third-order valence-electron chi connectivity index (χ3n) is 4.63. The molecule has 1 saturated heterocycles. The first-order valence-corrected chi connectivity index (χ1v) is 7.45. The van der Waals surface area contributed by atoms with Crippen LogP contribution < -0.4 is 10.2 Å². The number of para-hydroxylation sites is 1. The Labute approximate surface area is 115 Å². The van der Waals surface area contributed by atoms with E-state index in [4.69, 9.17) is 4.74 Å². The highest BCUT2D eigenvalue weighted by Crippen LogP contribution is 2.36. The van der Waals surface area contributed by atoms with E-state index in [9.17, 15) is 0 Å². The molecule has 1 heterocycles. The van der Waals surface area contributed by atoms with Gasteiger partial charge in [0.05, 0.1) is 18.8 Å². The summed E-state index contributed by atoms with van der Waals surface area (Å²) >= 11 is 0. The van der Waals surface area contributed by atoms with Crippen LogP contribution in [-0.2, 0) is 4.74 Å². The minimum absolute atomic E-state index is 0.388. The lowest BCUT2D eigenvalue weighted by atomic mass is 10.0. The highest BCUT2D eigenvalue weighted by Gasteiger charge is 2.36. The number of anilines is 1. The van der Waals surface area contributed by atoms with Gasteiger partial charge in [-0.25, -0.2) is 0 Å². The fraction of sp³-hybridized carbons (Fsp3) is 0.625. The average molecular weight is 260 g/mol. The summed E-state index contributed by atoms with van der Waals surface area (Å²) in [7, 11) is 2.03. The zero-order valence-electron chi connectivity index (χ0n) is 11.9. The molecule has 1 aliphatic heterocycles. The van der Waals surface area contributed by atoms with Crippen molar-refractivity contribution in [2.24, 2.45) is 0 Å². The first kappa shape index (κ1) is 12.9. The van der Waals surface area contributed by atoms with Gasteiger partial charge in [-0.1, -0.05) is 18.2 Å². The van der Waals surface area contributed by atoms with Gasteiger partial charge in [-0.05, 0) is 44.9 Å². The summed E-state index contributed by atoms with van der Waals surface area (Å²) in [5.41, 5.74) is 2.79. The van der Waals surface area contributed by atoms with Crippen LogP contribution in [0.15, 0.2) is 24.3 Å². The highest BCUT2D eigenvalue weighted by molar-refractivity contribution is 5.56. The molecular weight excluding hydrogens is 236 g/mol. The van der Waals surface area contributed by atoms with Crippen LogP contribution >= 0.6 is 0 Å². The topological polar surface area (TPSA) is 24.5 Å². The molecule has 19 heavy (non-hydrogen) atoms. The van der Waals surface area contributed by atoms with Gasteiger partial charge < -0.3 is 15.0 Å². The Bertz CT molecular complexity index is 435. The molecule has 3 nitrogen and oxygen atoms in total. The van der Waals surface area contributed by atoms with Crippen molar-refractivity contribution in [3.8, 4) is 0 Å². The van der Waals surface area contributed by atoms with Gasteiger partial charge in [-0.15, -0.1) is 0 Å². The maximum absolute atomic E-state index is 5.92. The third-order valence-corrected chi connectivity index (χ3v) is 4.63. The lowest BCUT2D eigenvalue weighted by Gasteiger charge is -2.40. The van der Waals surface area contributed by atoms with Gasteiger partial charge in [0.1, 0.15) is 0 Å². The van der Waals surface area contributed by atoms with Crippen molar-refractivity contribution in [2.75, 3.05) is 25.1 Å². The molecule has 0 bridgehead atoms. The summed E-state index contributed by atoms with van der Waals surface area (Å²) in [6, 6.07) is 9.78. The quantitative estimate of drug-likeness (QED) is 0.904. The van der Waals surface area contributed by atoms with Crippen molar-refractivity contribution in [2.45, 2.75) is 44.4 Å². The van der Waals surface area contributed by atoms with Crippen molar-refractivity contribution in [1.29, 1.82) is 0 Å². The van der Waals surface area contributed by atoms with E-state index in [-0.39, 0.29) is 0 Å². The standard InChI is InChI=1S/C16H24N2O/c1-12(17-2)13-6-3-4-7-14(13)18-10-11-19-16-9-5-8-15(16)18/h3-4,6-7,12,15-17H,5,8-11H2,1-2H3. The molecule has 3 atom stereocenters. The number of hydrogen-bond acceptors (Lipinski definition) is 3. The van der Waals surface area contributed by atoms with Crippen LogP contribution in [0.2, 0.25) is 0 Å². The summed E-state index contributed by atoms with van der Waals surface area (Å²) in [5, 5.41) is 3.36. The van der Waals surface area contributed by atoms with Crippen molar-refractivity contribution < 1.29 is 4.74 Å². The van der Waals surface area contributed by atoms with Gasteiger partial charge in [0, 0.05) is 18.3 Å². The summed E-state index contributed by atoms with van der Waals surface area (Å²) in [6.45, 7) is 4.11. The fourth-order valence-electron chi connectivity index (χ4n) is 3.50. The van der Waals surface area contributed by atoms with E-state index in [1.807, 2.05) is 7.05 Å². The molecule has 1 saturated carbocycles. The molecule has 1 aromatic carbocycles. The van der Waals surface area contributed by atoms with Crippen LogP contribution in [0.5, 0.6) is 0 Å². The number of nitrogens with one attached hydrogen (secondary N) is 1. The van der Waals surface area contributed by atoms with Crippen molar-refractivity contribution >= 4 is 5.69 Å². The summed E-state index contributed by atoms with van der Waals surface area (Å²) < 4.78 is 5.92. The van der Waals surface area contributed by atoms with Crippen LogP contribution in [0.4, 0.5) is 5.69 Å². The van der Waals surface area contributed by atoms with Crippen LogP contribution in [0, 0.1) is 0 Å². The molecule has 104 valence electrons. The molecule has 1 aliphatic carbocycles. The van der Waals surface area contributed by atoms with E-state index in [1.54, 1.807) is 0 Å². The number of ether oxygens (including phenoxy) is 1. The predicted molar refractivity (Wildman–Crippen MR) is 78.6 cm³/mol. The molecule has 3 unspecified atom stereocenters. The number of benzene rings is 1. The Kier molecular flexibility index (Phi) is 3.76. The normalized spacial score (nSPS) is 28.2. The fourth-order valence-corrected chi connectivity index (χ4v) is 3.50. The van der Waals surface area contributed by atoms with Gasteiger partial charge in [-0.2, -0.15) is 0 Å². The second-order valence-corrected chi connectivity index (χ2v) is 5.67. The molecule has 0 spiro atoms. The zero-order valence-corrected chi connectivity index (χ0v) is 11.9. The average Bonchev–Trinajstić information content (AvgIpc) is 2.94. The van der Waals surface area contributed by atoms with Gasteiger partial charge in [0.15, 0.2) is 0 Å². The molecule has 2 aliphatic rings. The van der Waals surface area contributed by atoms with E-state index in [2.05, 4.69) is 41.4 Å². The molecule has 0 radical (unpaired) electrons. The van der Waals surface area contributed by atoms with Gasteiger partial charge >= 0.3 is 0 Å². The number of hydrogen-bond donors (Lipinski definition) is 1. The minimum atomic E-state index is 0.388. The molecule has 2 fully saturated rings. The Morgan fingerprint density at radius 3 is 3.00 bits per heavy atom. The maximum Gasteiger partial charge on any atom is 0.0779 e. The van der Waals surface area contributed by atoms with Gasteiger partial charge in [0.25, 0.3) is 0 Å². The molecular formula is C16H24N2O. The van der Waals surface area contributed by atoms with E-state index >= 15 is 0 Å². The molecule has 1 N–H and O–H groups in total. The summed E-state index contributed by atoms with van der Waals surface area (Å²) in [5.74, 6) is 0. The van der Waals surface area contributed by atoms with Crippen LogP contribution in [0.25, 0.3) is 0 Å². The zero-order chi connectivity index (χ0) is 13.2. The minimum Gasteiger partial charge on any atom is -0.374 e. The Morgan fingerprint density at radius 2 is 2.16 bits per heavy atom. The second kappa shape index (κ2) is 5.51. The molecule has 1 aromatic rings. The maximum atomic E-state index is 5.92. The van der Waals surface area contributed by atoms with Crippen LogP contribution in [-0.4, -0.2) is 32.3 Å². The van der Waals surface area contributed by atoms with Crippen molar-refractivity contribution in [3.63, 3.8) is 0 Å². The van der Waals surface area contributed by atoms with Gasteiger partial charge in [0.2, 0.25) is 0 Å². The third kappa shape index (κ3) is 2.37. The van der Waals surface area contributed by atoms with Crippen LogP contribution in [0.1, 0.15) is 37.8 Å². The Morgan fingerprint density at radius 1 is 1.32 bits per heavy atom. The van der Waals surface area contributed by atoms with E-state index < -0.39 is 0 Å². The Hall–Kier alpha value is -1.06. The monoisotopic (exact) mass is 260 g/mol. The summed E-state index contributed by atoms with van der Waals surface area (Å²) in [6.07, 6.45) is 4.25. The Balaban J connectivity index is 1.92. The SMILES string of the molecule is CNC(C)c1ccccc1N1CCOC2CCCC21. The van der Waals surface area contributed by atoms with E-state index in [1.165, 1.54) is 30.5 Å². The summed E-state index contributed by atoms with van der Waals surface area (Å²) in [4.78, 5) is 2.59. The van der Waals surface area contributed by atoms with E-state index in [0.717, 1.165) is 13.2 Å². The largest absolute Gasteiger partial charge is 0.374 e. The second-order valence-electron chi connectivity index (χ2n) is 5.67. The van der Waals surface area contributed by atoms with Crippen molar-refractivity contribution in [3.05, 3.63) is 29.8 Å². The number of morpholine rings is 1. The molecule has 0 amide bonds. The smallest absolute Gasteiger partial charge is 0.0779 e. The first-order chi connectivity index (χ1) is 9.31. The lowest BCUT2D eigenvalue weighted by molar-refractivity contribution is 0.0255. The number of fused-ring (bicyclic) bond motifs is 1. The first-order valence-electron chi connectivity index (χ1n) is 7.45. The molecule has 3 rings (SSSR count). The number of nitrogens with zero attached hydrogens (tertiary/aromatic N) is 1.